The first kappa shape index (κ1) is 17.8. The molecule has 0 saturated carbocycles. The van der Waals surface area contributed by atoms with Crippen LogP contribution in [0.1, 0.15) is 30.3 Å². The Morgan fingerprint density at radius 2 is 1.59 bits per heavy atom. The lowest BCUT2D eigenvalue weighted by atomic mass is 9.99. The van der Waals surface area contributed by atoms with Gasteiger partial charge in [-0.25, -0.2) is 9.97 Å². The summed E-state index contributed by atoms with van der Waals surface area (Å²) >= 11 is 0. The average Bonchev–Trinajstić information content (AvgIpc) is 2.75. The van der Waals surface area contributed by atoms with Crippen molar-refractivity contribution in [2.45, 2.75) is 19.8 Å². The molecule has 142 valence electrons. The number of hydrogen-bond acceptors (Lipinski definition) is 5. The Morgan fingerprint density at radius 3 is 2.22 bits per heavy atom. The Labute approximate surface area is 160 Å². The van der Waals surface area contributed by atoms with Gasteiger partial charge < -0.3 is 14.7 Å². The highest BCUT2D eigenvalue weighted by atomic mass is 16.2. The fraction of sp³-hybridized carbons (Fsp3) is 0.476. The molecule has 3 heterocycles. The van der Waals surface area contributed by atoms with Gasteiger partial charge in [-0.15, -0.1) is 0 Å². The molecular weight excluding hydrogens is 338 g/mol. The van der Waals surface area contributed by atoms with Crippen LogP contribution in [-0.2, 0) is 0 Å². The van der Waals surface area contributed by atoms with Crippen LogP contribution >= 0.6 is 0 Å². The number of carbonyl (C=O) groups is 1. The van der Waals surface area contributed by atoms with Gasteiger partial charge in [-0.1, -0.05) is 25.1 Å². The molecular formula is C21H27N5O. The van der Waals surface area contributed by atoms with Crippen molar-refractivity contribution in [3.63, 3.8) is 0 Å². The molecule has 27 heavy (non-hydrogen) atoms. The standard InChI is InChI=1S/C21H27N5O/c1-17-7-9-25(10-8-17)20-16-22-19(15-23-20)21(27)26-13-11-24(12-14-26)18-5-3-2-4-6-18/h2-6,15-17H,7-14H2,1H3. The molecule has 2 aliphatic heterocycles. The third kappa shape index (κ3) is 4.04. The number of carbonyl (C=O) groups excluding carboxylic acids is 1. The van der Waals surface area contributed by atoms with E-state index in [1.165, 1.54) is 18.5 Å². The first-order valence-electron chi connectivity index (χ1n) is 9.87. The van der Waals surface area contributed by atoms with Gasteiger partial charge in [0.25, 0.3) is 5.91 Å². The molecule has 2 saturated heterocycles. The van der Waals surface area contributed by atoms with Gasteiger partial charge in [-0.3, -0.25) is 4.79 Å². The predicted octanol–water partition coefficient (Wildman–Crippen LogP) is 2.68. The third-order valence-electron chi connectivity index (χ3n) is 5.65. The van der Waals surface area contributed by atoms with Gasteiger partial charge in [0, 0.05) is 45.0 Å². The van der Waals surface area contributed by atoms with E-state index < -0.39 is 0 Å². The maximum atomic E-state index is 12.8. The van der Waals surface area contributed by atoms with Crippen molar-refractivity contribution >= 4 is 17.4 Å². The lowest BCUT2D eigenvalue weighted by molar-refractivity contribution is 0.0740. The normalized spacial score (nSPS) is 18.6. The van der Waals surface area contributed by atoms with E-state index in [1.807, 2.05) is 23.1 Å². The molecule has 0 N–H and O–H groups in total. The van der Waals surface area contributed by atoms with Gasteiger partial charge in [-0.05, 0) is 30.9 Å². The summed E-state index contributed by atoms with van der Waals surface area (Å²) in [6, 6.07) is 10.3. The minimum absolute atomic E-state index is 0.0194. The van der Waals surface area contributed by atoms with E-state index >= 15 is 0 Å². The van der Waals surface area contributed by atoms with Crippen molar-refractivity contribution in [3.05, 3.63) is 48.4 Å². The van der Waals surface area contributed by atoms with Crippen molar-refractivity contribution in [2.24, 2.45) is 5.92 Å². The highest BCUT2D eigenvalue weighted by molar-refractivity contribution is 5.92. The molecule has 0 spiro atoms. The number of piperidine rings is 1. The molecule has 0 bridgehead atoms. The summed E-state index contributed by atoms with van der Waals surface area (Å²) in [5.74, 6) is 1.64. The molecule has 0 aliphatic carbocycles. The van der Waals surface area contributed by atoms with Crippen LogP contribution in [0.25, 0.3) is 0 Å². The minimum Gasteiger partial charge on any atom is -0.368 e. The molecule has 2 aromatic rings. The number of anilines is 2. The lowest BCUT2D eigenvalue weighted by Gasteiger charge is -2.36. The van der Waals surface area contributed by atoms with Gasteiger partial charge in [0.15, 0.2) is 0 Å². The van der Waals surface area contributed by atoms with E-state index in [0.717, 1.165) is 37.9 Å². The predicted molar refractivity (Wildman–Crippen MR) is 107 cm³/mol. The van der Waals surface area contributed by atoms with Gasteiger partial charge in [0.2, 0.25) is 0 Å². The Bertz CT molecular complexity index is 748. The summed E-state index contributed by atoms with van der Waals surface area (Å²) in [5.41, 5.74) is 1.65. The molecule has 1 amide bonds. The summed E-state index contributed by atoms with van der Waals surface area (Å²) < 4.78 is 0. The Kier molecular flexibility index (Phi) is 5.23. The molecule has 4 rings (SSSR count). The summed E-state index contributed by atoms with van der Waals surface area (Å²) in [6.07, 6.45) is 5.77. The second kappa shape index (κ2) is 7.94. The fourth-order valence-corrected chi connectivity index (χ4v) is 3.80. The first-order chi connectivity index (χ1) is 13.2. The second-order valence-electron chi connectivity index (χ2n) is 7.54. The molecule has 2 aliphatic rings. The summed E-state index contributed by atoms with van der Waals surface area (Å²) in [7, 11) is 0. The van der Waals surface area contributed by atoms with Crippen LogP contribution in [-0.4, -0.2) is 60.0 Å². The average molecular weight is 365 g/mol. The monoisotopic (exact) mass is 365 g/mol. The van der Waals surface area contributed by atoms with Crippen molar-refractivity contribution in [1.82, 2.24) is 14.9 Å². The maximum absolute atomic E-state index is 12.8. The van der Waals surface area contributed by atoms with Crippen molar-refractivity contribution in [2.75, 3.05) is 49.1 Å². The summed E-state index contributed by atoms with van der Waals surface area (Å²) in [6.45, 7) is 7.43. The minimum atomic E-state index is -0.0194. The smallest absolute Gasteiger partial charge is 0.274 e. The number of benzene rings is 1. The quantitative estimate of drug-likeness (QED) is 0.837. The summed E-state index contributed by atoms with van der Waals surface area (Å²) in [4.78, 5) is 28.2. The van der Waals surface area contributed by atoms with E-state index in [-0.39, 0.29) is 5.91 Å². The highest BCUT2D eigenvalue weighted by Gasteiger charge is 2.24. The Hall–Kier alpha value is -2.63. The van der Waals surface area contributed by atoms with Crippen molar-refractivity contribution in [1.29, 1.82) is 0 Å². The number of piperazine rings is 1. The number of hydrogen-bond donors (Lipinski definition) is 0. The fourth-order valence-electron chi connectivity index (χ4n) is 3.80. The van der Waals surface area contributed by atoms with Crippen LogP contribution in [0, 0.1) is 5.92 Å². The van der Waals surface area contributed by atoms with Gasteiger partial charge >= 0.3 is 0 Å². The SMILES string of the molecule is CC1CCN(c2cnc(C(=O)N3CCN(c4ccccc4)CC3)cn2)CC1. The first-order valence-corrected chi connectivity index (χ1v) is 9.87. The molecule has 1 aromatic carbocycles. The van der Waals surface area contributed by atoms with Crippen LogP contribution < -0.4 is 9.80 Å². The van der Waals surface area contributed by atoms with E-state index in [4.69, 9.17) is 0 Å². The number of para-hydroxylation sites is 1. The second-order valence-corrected chi connectivity index (χ2v) is 7.54. The zero-order chi connectivity index (χ0) is 18.6. The molecule has 0 unspecified atom stereocenters. The van der Waals surface area contributed by atoms with Crippen LogP contribution in [0.15, 0.2) is 42.7 Å². The molecule has 1 aromatic heterocycles. The topological polar surface area (TPSA) is 52.6 Å². The third-order valence-corrected chi connectivity index (χ3v) is 5.65. The van der Waals surface area contributed by atoms with Crippen LogP contribution in [0.2, 0.25) is 0 Å². The zero-order valence-electron chi connectivity index (χ0n) is 15.9. The van der Waals surface area contributed by atoms with Crippen LogP contribution in [0.3, 0.4) is 0 Å². The Morgan fingerprint density at radius 1 is 0.889 bits per heavy atom. The molecule has 6 nitrogen and oxygen atoms in total. The molecule has 0 radical (unpaired) electrons. The zero-order valence-corrected chi connectivity index (χ0v) is 15.9. The summed E-state index contributed by atoms with van der Waals surface area (Å²) in [5, 5.41) is 0. The highest BCUT2D eigenvalue weighted by Crippen LogP contribution is 2.21. The number of rotatable bonds is 3. The number of amides is 1. The maximum Gasteiger partial charge on any atom is 0.274 e. The molecule has 0 atom stereocenters. The number of aromatic nitrogens is 2. The molecule has 6 heteroatoms. The van der Waals surface area contributed by atoms with E-state index in [2.05, 4.69) is 38.8 Å². The van der Waals surface area contributed by atoms with Gasteiger partial charge in [-0.2, -0.15) is 0 Å². The van der Waals surface area contributed by atoms with Crippen LogP contribution in [0.4, 0.5) is 11.5 Å². The van der Waals surface area contributed by atoms with Crippen molar-refractivity contribution < 1.29 is 4.79 Å². The van der Waals surface area contributed by atoms with E-state index in [0.29, 0.717) is 18.8 Å². The van der Waals surface area contributed by atoms with Crippen molar-refractivity contribution in [3.8, 4) is 0 Å². The van der Waals surface area contributed by atoms with E-state index in [1.54, 1.807) is 12.4 Å². The van der Waals surface area contributed by atoms with E-state index in [9.17, 15) is 4.79 Å². The Balaban J connectivity index is 1.35. The largest absolute Gasteiger partial charge is 0.368 e. The van der Waals surface area contributed by atoms with Crippen LogP contribution in [0.5, 0.6) is 0 Å². The number of nitrogens with zero attached hydrogens (tertiary/aromatic N) is 5. The van der Waals surface area contributed by atoms with Gasteiger partial charge in [0.1, 0.15) is 11.5 Å². The lowest BCUT2D eigenvalue weighted by Crippen LogP contribution is -2.49. The molecule has 2 fully saturated rings. The van der Waals surface area contributed by atoms with Gasteiger partial charge in [0.05, 0.1) is 12.4 Å².